The Hall–Kier alpha value is -0.980. The third-order valence-electron chi connectivity index (χ3n) is 2.50. The predicted molar refractivity (Wildman–Crippen MR) is 53.8 cm³/mol. The highest BCUT2D eigenvalue weighted by Gasteiger charge is 2.15. The fraction of sp³-hybridized carbons (Fsp3) is 0.417. The van der Waals surface area contributed by atoms with Gasteiger partial charge in [-0.15, -0.1) is 0 Å². The van der Waals surface area contributed by atoms with Crippen LogP contribution in [0.4, 0.5) is 0 Å². The molecule has 0 amide bonds. The normalized spacial score (nSPS) is 17.6. The van der Waals surface area contributed by atoms with Crippen molar-refractivity contribution in [2.75, 3.05) is 0 Å². The van der Waals surface area contributed by atoms with E-state index in [-0.39, 0.29) is 0 Å². The molecule has 0 aliphatic heterocycles. The lowest BCUT2D eigenvalue weighted by Crippen LogP contribution is -2.10. The Bertz CT molecular complexity index is 274. The van der Waals surface area contributed by atoms with Gasteiger partial charge in [-0.2, -0.15) is 0 Å². The second-order valence-electron chi connectivity index (χ2n) is 3.67. The average molecular weight is 175 g/mol. The van der Waals surface area contributed by atoms with Gasteiger partial charge < -0.3 is 4.74 Å². The third kappa shape index (κ3) is 2.24. The molecule has 0 heterocycles. The third-order valence-corrected chi connectivity index (χ3v) is 2.50. The van der Waals surface area contributed by atoms with Crippen LogP contribution in [-0.4, -0.2) is 6.10 Å². The van der Waals surface area contributed by atoms with E-state index in [2.05, 4.69) is 6.92 Å². The summed E-state index contributed by atoms with van der Waals surface area (Å²) in [6.07, 6.45) is 5.49. The lowest BCUT2D eigenvalue weighted by molar-refractivity contribution is 0.210. The number of rotatable bonds is 2. The van der Waals surface area contributed by atoms with Gasteiger partial charge in [0.15, 0.2) is 0 Å². The van der Waals surface area contributed by atoms with E-state index >= 15 is 0 Å². The van der Waals surface area contributed by atoms with Gasteiger partial charge >= 0.3 is 0 Å². The van der Waals surface area contributed by atoms with E-state index < -0.39 is 0 Å². The van der Waals surface area contributed by atoms with Crippen LogP contribution in [0.5, 0.6) is 5.75 Å². The van der Waals surface area contributed by atoms with E-state index in [0.717, 1.165) is 11.3 Å². The van der Waals surface area contributed by atoms with Crippen LogP contribution >= 0.6 is 0 Å². The van der Waals surface area contributed by atoms with Crippen molar-refractivity contribution in [2.45, 2.75) is 31.8 Å². The molecule has 0 aromatic heterocycles. The van der Waals surface area contributed by atoms with Crippen molar-refractivity contribution in [3.8, 4) is 5.75 Å². The molecule has 1 aliphatic rings. The molecule has 0 spiro atoms. The molecule has 0 saturated heterocycles. The van der Waals surface area contributed by atoms with Crippen molar-refractivity contribution in [1.29, 1.82) is 0 Å². The first-order valence-corrected chi connectivity index (χ1v) is 4.93. The maximum atomic E-state index is 5.82. The van der Waals surface area contributed by atoms with Crippen molar-refractivity contribution in [1.82, 2.24) is 0 Å². The number of ether oxygens (including phenoxy) is 1. The molecule has 1 nitrogen and oxygen atoms in total. The molecule has 1 aromatic carbocycles. The zero-order valence-electron chi connectivity index (χ0n) is 7.83. The van der Waals surface area contributed by atoms with Crippen LogP contribution < -0.4 is 4.74 Å². The van der Waals surface area contributed by atoms with Crippen molar-refractivity contribution < 1.29 is 4.74 Å². The largest absolute Gasteiger partial charge is 0.490 e. The first-order valence-electron chi connectivity index (χ1n) is 4.93. The Balaban J connectivity index is 2.00. The second-order valence-corrected chi connectivity index (χ2v) is 3.67. The quantitative estimate of drug-likeness (QED) is 0.670. The number of hydrogen-bond donors (Lipinski definition) is 0. The highest BCUT2D eigenvalue weighted by molar-refractivity contribution is 5.30. The lowest BCUT2D eigenvalue weighted by atomic mass is 10.2. The smallest absolute Gasteiger partial charge is 0.119 e. The molecule has 0 atom stereocenters. The summed E-state index contributed by atoms with van der Waals surface area (Å²) >= 11 is 0. The zero-order valence-corrected chi connectivity index (χ0v) is 7.83. The molecule has 0 N–H and O–H groups in total. The molecular formula is C12H15O. The van der Waals surface area contributed by atoms with Crippen molar-refractivity contribution >= 4 is 0 Å². The predicted octanol–water partition coefficient (Wildman–Crippen LogP) is 3.19. The lowest BCUT2D eigenvalue weighted by Gasteiger charge is -2.12. The van der Waals surface area contributed by atoms with Gasteiger partial charge in [0, 0.05) is 0 Å². The highest BCUT2D eigenvalue weighted by atomic mass is 16.5. The Morgan fingerprint density at radius 3 is 2.69 bits per heavy atom. The van der Waals surface area contributed by atoms with E-state index in [1.54, 1.807) is 0 Å². The topological polar surface area (TPSA) is 9.23 Å². The van der Waals surface area contributed by atoms with Gasteiger partial charge in [0.25, 0.3) is 0 Å². The second kappa shape index (κ2) is 3.82. The Labute approximate surface area is 79.7 Å². The summed E-state index contributed by atoms with van der Waals surface area (Å²) in [6, 6.07) is 7.99. The molecule has 69 valence electrons. The van der Waals surface area contributed by atoms with Crippen LogP contribution in [0.2, 0.25) is 0 Å². The minimum atomic E-state index is 0.446. The fourth-order valence-corrected chi connectivity index (χ4v) is 1.82. The number of hydrogen-bond acceptors (Lipinski definition) is 1. The Morgan fingerprint density at radius 2 is 2.00 bits per heavy atom. The van der Waals surface area contributed by atoms with Crippen LogP contribution in [0.1, 0.15) is 31.2 Å². The van der Waals surface area contributed by atoms with Gasteiger partial charge in [0.2, 0.25) is 0 Å². The van der Waals surface area contributed by atoms with Gasteiger partial charge in [0.1, 0.15) is 5.75 Å². The molecule has 0 unspecified atom stereocenters. The summed E-state index contributed by atoms with van der Waals surface area (Å²) < 4.78 is 5.82. The molecular weight excluding hydrogens is 160 g/mol. The van der Waals surface area contributed by atoms with Crippen molar-refractivity contribution in [3.63, 3.8) is 0 Å². The fourth-order valence-electron chi connectivity index (χ4n) is 1.82. The van der Waals surface area contributed by atoms with Gasteiger partial charge in [-0.3, -0.25) is 0 Å². The summed E-state index contributed by atoms with van der Waals surface area (Å²) in [6.45, 7) is 3.88. The molecule has 1 aliphatic carbocycles. The monoisotopic (exact) mass is 175 g/mol. The van der Waals surface area contributed by atoms with Crippen LogP contribution in [0.25, 0.3) is 0 Å². The maximum absolute atomic E-state index is 5.82. The molecule has 1 heteroatoms. The standard InChI is InChI=1S/C12H15O/c1-10-5-4-8-12(9-10)13-11-6-2-3-7-11/h4-5,8-9,11H,1-3,6-7H2. The van der Waals surface area contributed by atoms with Crippen LogP contribution in [0.3, 0.4) is 0 Å². The van der Waals surface area contributed by atoms with Gasteiger partial charge in [-0.1, -0.05) is 12.1 Å². The average Bonchev–Trinajstić information content (AvgIpc) is 2.57. The van der Waals surface area contributed by atoms with Crippen LogP contribution in [0.15, 0.2) is 24.3 Å². The zero-order chi connectivity index (χ0) is 9.10. The van der Waals surface area contributed by atoms with Crippen molar-refractivity contribution in [3.05, 3.63) is 36.8 Å². The van der Waals surface area contributed by atoms with Crippen LogP contribution in [-0.2, 0) is 0 Å². The highest BCUT2D eigenvalue weighted by Crippen LogP contribution is 2.24. The summed E-state index contributed by atoms with van der Waals surface area (Å²) in [5.41, 5.74) is 1.02. The molecule has 1 aromatic rings. The van der Waals surface area contributed by atoms with Gasteiger partial charge in [0.05, 0.1) is 6.10 Å². The summed E-state index contributed by atoms with van der Waals surface area (Å²) in [7, 11) is 0. The maximum Gasteiger partial charge on any atom is 0.119 e. The molecule has 0 bridgehead atoms. The molecule has 1 radical (unpaired) electrons. The molecule has 1 fully saturated rings. The number of benzene rings is 1. The van der Waals surface area contributed by atoms with Gasteiger partial charge in [-0.05, 0) is 50.3 Å². The minimum absolute atomic E-state index is 0.446. The van der Waals surface area contributed by atoms with E-state index in [9.17, 15) is 0 Å². The van der Waals surface area contributed by atoms with Gasteiger partial charge in [-0.25, -0.2) is 0 Å². The molecule has 13 heavy (non-hydrogen) atoms. The SMILES string of the molecule is [CH2]c1cccc(OC2CCCC2)c1. The van der Waals surface area contributed by atoms with E-state index in [0.29, 0.717) is 6.10 Å². The first kappa shape index (κ1) is 8.61. The first-order chi connectivity index (χ1) is 6.34. The summed E-state index contributed by atoms with van der Waals surface area (Å²) in [4.78, 5) is 0. The summed E-state index contributed by atoms with van der Waals surface area (Å²) in [5.74, 6) is 0.972. The molecule has 2 rings (SSSR count). The Morgan fingerprint density at radius 1 is 1.23 bits per heavy atom. The van der Waals surface area contributed by atoms with E-state index in [1.807, 2.05) is 24.3 Å². The Kier molecular flexibility index (Phi) is 2.53. The van der Waals surface area contributed by atoms with E-state index in [4.69, 9.17) is 4.74 Å². The minimum Gasteiger partial charge on any atom is -0.490 e. The van der Waals surface area contributed by atoms with E-state index in [1.165, 1.54) is 25.7 Å². The molecule has 1 saturated carbocycles. The van der Waals surface area contributed by atoms with Crippen LogP contribution in [0, 0.1) is 6.92 Å². The summed E-state index contributed by atoms with van der Waals surface area (Å²) in [5, 5.41) is 0. The van der Waals surface area contributed by atoms with Crippen molar-refractivity contribution in [2.24, 2.45) is 0 Å².